The highest BCUT2D eigenvalue weighted by Crippen LogP contribution is 2.36. The molecular weight excluding hydrogens is 548 g/mol. The number of thiol groups is 1. The van der Waals surface area contributed by atoms with E-state index in [1.54, 1.807) is 18.2 Å². The molecule has 0 bridgehead atoms. The minimum Gasteiger partial charge on any atom is -0.299 e. The molecule has 1 aromatic heterocycles. The number of rotatable bonds is 3. The number of para-hydroxylation sites is 1. The van der Waals surface area contributed by atoms with Crippen LogP contribution in [0.2, 0.25) is 0 Å². The molecule has 198 valence electrons. The summed E-state index contributed by atoms with van der Waals surface area (Å²) < 4.78 is 61.4. The smallest absolute Gasteiger partial charge is 0.180 e. The van der Waals surface area contributed by atoms with E-state index in [0.717, 1.165) is 39.2 Å². The molecule has 5 aromatic rings. The number of nitrogens with one attached hydrogen (secondary N) is 1. The Kier molecular flexibility index (Phi) is 6.48. The topological polar surface area (TPSA) is 72.9 Å². The number of pyridine rings is 1. The Hall–Kier alpha value is -5.07. The monoisotopic (exact) mass is 564 g/mol. The van der Waals surface area contributed by atoms with Crippen LogP contribution in [-0.4, -0.2) is 16.4 Å². The number of benzene rings is 4. The first-order valence-electron chi connectivity index (χ1n) is 12.2. The van der Waals surface area contributed by atoms with Gasteiger partial charge in [-0.15, -0.1) is 0 Å². The van der Waals surface area contributed by atoms with Crippen molar-refractivity contribution in [3.05, 3.63) is 119 Å². The van der Waals surface area contributed by atoms with E-state index in [4.69, 9.17) is 15.7 Å². The molecule has 0 atom stereocenters. The van der Waals surface area contributed by atoms with Gasteiger partial charge < -0.3 is 0 Å². The van der Waals surface area contributed by atoms with Crippen LogP contribution in [-0.2, 0) is 0 Å². The lowest BCUT2D eigenvalue weighted by Gasteiger charge is -2.19. The van der Waals surface area contributed by atoms with Crippen LogP contribution in [0, 0.1) is 40.0 Å². The lowest BCUT2D eigenvalue weighted by atomic mass is 9.88. The number of nitrogens with zero attached hydrogens (tertiary/aromatic N) is 3. The number of hydrogen-bond acceptors (Lipinski definition) is 5. The third-order valence-corrected chi connectivity index (χ3v) is 7.18. The zero-order valence-electron chi connectivity index (χ0n) is 20.9. The first-order valence-corrected chi connectivity index (χ1v) is 12.6. The highest BCUT2D eigenvalue weighted by Gasteiger charge is 2.27. The Morgan fingerprint density at radius 3 is 1.85 bits per heavy atom. The summed E-state index contributed by atoms with van der Waals surface area (Å²) in [6.45, 7) is 0. The van der Waals surface area contributed by atoms with Crippen molar-refractivity contribution in [3.63, 3.8) is 0 Å². The summed E-state index contributed by atoms with van der Waals surface area (Å²) in [4.78, 5) is 4.89. The summed E-state index contributed by atoms with van der Waals surface area (Å²) in [5.41, 5.74) is 3.79. The number of nitriles is 1. The Morgan fingerprint density at radius 1 is 0.707 bits per heavy atom. The standard InChI is InChI=1S/C32H16F4N4S/c33-27-22(15-37)28(34)30(36)25(29(27)35)18-9-5-16(6-10-18)17-7-11-19(12-8-17)31-21-13-14-23(38)32(40-41)26(21)20-3-1-2-4-24(20)39-31/h1-14,38,41H/b38-23?,40-32+. The minimum absolute atomic E-state index is 0.0753. The molecule has 4 aromatic carbocycles. The van der Waals surface area contributed by atoms with Gasteiger partial charge in [0.1, 0.15) is 17.3 Å². The highest BCUT2D eigenvalue weighted by molar-refractivity contribution is 7.79. The van der Waals surface area contributed by atoms with E-state index in [2.05, 4.69) is 17.2 Å². The van der Waals surface area contributed by atoms with Crippen molar-refractivity contribution in [3.8, 4) is 39.6 Å². The molecule has 0 aliphatic heterocycles. The fourth-order valence-corrected chi connectivity index (χ4v) is 5.19. The maximum absolute atomic E-state index is 14.5. The van der Waals surface area contributed by atoms with Gasteiger partial charge in [-0.3, -0.25) is 5.41 Å². The normalized spacial score (nSPS) is 13.5. The molecule has 0 fully saturated rings. The van der Waals surface area contributed by atoms with Crippen molar-refractivity contribution in [2.75, 3.05) is 0 Å². The van der Waals surface area contributed by atoms with E-state index >= 15 is 0 Å². The fourth-order valence-electron chi connectivity index (χ4n) is 4.98. The Morgan fingerprint density at radius 2 is 1.27 bits per heavy atom. The van der Waals surface area contributed by atoms with Crippen LogP contribution in [0.15, 0.2) is 83.3 Å². The quantitative estimate of drug-likeness (QED) is 0.131. The van der Waals surface area contributed by atoms with Gasteiger partial charge in [-0.1, -0.05) is 66.7 Å². The molecule has 6 rings (SSSR count). The van der Waals surface area contributed by atoms with E-state index in [1.165, 1.54) is 12.1 Å². The molecule has 1 heterocycles. The van der Waals surface area contributed by atoms with Gasteiger partial charge >= 0.3 is 0 Å². The predicted molar refractivity (Wildman–Crippen MR) is 155 cm³/mol. The van der Waals surface area contributed by atoms with Crippen LogP contribution in [0.1, 0.15) is 16.7 Å². The van der Waals surface area contributed by atoms with Crippen molar-refractivity contribution in [2.45, 2.75) is 0 Å². The van der Waals surface area contributed by atoms with Gasteiger partial charge in [0, 0.05) is 22.1 Å². The molecule has 41 heavy (non-hydrogen) atoms. The molecule has 4 nitrogen and oxygen atoms in total. The van der Waals surface area contributed by atoms with Crippen LogP contribution in [0.4, 0.5) is 17.6 Å². The SMILES string of the molecule is N#Cc1c(F)c(F)c(-c2ccc(-c3ccc(-c4nc5ccccc5c5c4C=CC(=N)/C5=N\S)cc3)cc2)c(F)c1F. The minimum atomic E-state index is -1.73. The second-order valence-electron chi connectivity index (χ2n) is 9.23. The van der Waals surface area contributed by atoms with Crippen molar-refractivity contribution >= 4 is 41.2 Å². The van der Waals surface area contributed by atoms with E-state index in [9.17, 15) is 17.6 Å². The number of aromatic nitrogens is 1. The average Bonchev–Trinajstić information content (AvgIpc) is 3.00. The third kappa shape index (κ3) is 4.20. The summed E-state index contributed by atoms with van der Waals surface area (Å²) in [6, 6.07) is 22.1. The molecule has 1 aliphatic carbocycles. The molecule has 0 saturated carbocycles. The molecule has 1 N–H and O–H groups in total. The highest BCUT2D eigenvalue weighted by atomic mass is 32.1. The Labute approximate surface area is 237 Å². The molecule has 0 saturated heterocycles. The summed E-state index contributed by atoms with van der Waals surface area (Å²) in [5, 5.41) is 18.0. The number of fused-ring (bicyclic) bond motifs is 3. The zero-order valence-corrected chi connectivity index (χ0v) is 21.8. The first kappa shape index (κ1) is 26.2. The lowest BCUT2D eigenvalue weighted by molar-refractivity contribution is 0.454. The van der Waals surface area contributed by atoms with E-state index in [0.29, 0.717) is 17.0 Å². The van der Waals surface area contributed by atoms with E-state index in [-0.39, 0.29) is 11.3 Å². The second-order valence-corrected chi connectivity index (χ2v) is 9.43. The summed E-state index contributed by atoms with van der Waals surface area (Å²) in [7, 11) is 0. The van der Waals surface area contributed by atoms with Crippen molar-refractivity contribution in [2.24, 2.45) is 4.40 Å². The second kappa shape index (κ2) is 10.2. The van der Waals surface area contributed by atoms with Crippen LogP contribution in [0.5, 0.6) is 0 Å². The van der Waals surface area contributed by atoms with Crippen LogP contribution in [0.25, 0.3) is 50.5 Å². The van der Waals surface area contributed by atoms with Gasteiger partial charge in [0.25, 0.3) is 0 Å². The molecule has 9 heteroatoms. The van der Waals surface area contributed by atoms with Gasteiger partial charge in [-0.2, -0.15) is 5.26 Å². The van der Waals surface area contributed by atoms with Crippen LogP contribution >= 0.6 is 12.8 Å². The molecule has 0 unspecified atom stereocenters. The van der Waals surface area contributed by atoms with Gasteiger partial charge in [0.15, 0.2) is 23.3 Å². The fraction of sp³-hybridized carbons (Fsp3) is 0. The maximum Gasteiger partial charge on any atom is 0.180 e. The Bertz CT molecular complexity index is 1980. The van der Waals surface area contributed by atoms with Gasteiger partial charge in [0.2, 0.25) is 0 Å². The van der Waals surface area contributed by atoms with Crippen molar-refractivity contribution in [1.29, 1.82) is 10.7 Å². The predicted octanol–water partition coefficient (Wildman–Crippen LogP) is 8.34. The molecular formula is C32H16F4N4S. The lowest BCUT2D eigenvalue weighted by Crippen LogP contribution is -2.18. The number of hydrogen-bond donors (Lipinski definition) is 2. The van der Waals surface area contributed by atoms with Crippen molar-refractivity contribution in [1.82, 2.24) is 4.98 Å². The summed E-state index contributed by atoms with van der Waals surface area (Å²) >= 11 is 4.11. The third-order valence-electron chi connectivity index (χ3n) is 6.98. The first-order chi connectivity index (χ1) is 19.8. The van der Waals surface area contributed by atoms with Crippen LogP contribution in [0.3, 0.4) is 0 Å². The number of allylic oxidation sites excluding steroid dienone is 1. The molecule has 0 radical (unpaired) electrons. The number of halogens is 4. The van der Waals surface area contributed by atoms with Gasteiger partial charge in [0.05, 0.1) is 22.5 Å². The zero-order chi connectivity index (χ0) is 28.8. The Balaban J connectivity index is 1.39. The molecule has 1 aliphatic rings. The van der Waals surface area contributed by atoms with Gasteiger partial charge in [-0.25, -0.2) is 26.9 Å². The van der Waals surface area contributed by atoms with Gasteiger partial charge in [-0.05, 0) is 47.7 Å². The summed E-state index contributed by atoms with van der Waals surface area (Å²) in [6.07, 6.45) is 3.50. The van der Waals surface area contributed by atoms with Crippen molar-refractivity contribution < 1.29 is 17.6 Å². The largest absolute Gasteiger partial charge is 0.299 e. The molecule has 0 spiro atoms. The van der Waals surface area contributed by atoms with E-state index < -0.39 is 34.4 Å². The average molecular weight is 565 g/mol. The van der Waals surface area contributed by atoms with Crippen LogP contribution < -0.4 is 0 Å². The van der Waals surface area contributed by atoms with E-state index in [1.807, 2.05) is 54.6 Å². The summed E-state index contributed by atoms with van der Waals surface area (Å²) in [5.74, 6) is -6.71. The maximum atomic E-state index is 14.5. The molecule has 0 amide bonds.